The standard InChI is InChI=1S/C17H16Cl2FN3O3/c1-22-8-13(19)14(21-22)9-23(17(25)15-4-5-16(24)26-15)7-10-2-3-11(20)6-12(10)18/h2-3,6,8,15H,4-5,7,9H2,1H3. The molecule has 1 aliphatic heterocycles. The summed E-state index contributed by atoms with van der Waals surface area (Å²) in [5.74, 6) is -1.23. The lowest BCUT2D eigenvalue weighted by molar-refractivity contribution is -0.153. The lowest BCUT2D eigenvalue weighted by Crippen LogP contribution is -2.38. The number of ether oxygens (including phenoxy) is 1. The van der Waals surface area contributed by atoms with Crippen LogP contribution in [0.3, 0.4) is 0 Å². The van der Waals surface area contributed by atoms with Gasteiger partial charge in [-0.1, -0.05) is 29.3 Å². The first kappa shape index (κ1) is 18.7. The fourth-order valence-electron chi connectivity index (χ4n) is 2.76. The van der Waals surface area contributed by atoms with Gasteiger partial charge in [0.1, 0.15) is 11.5 Å². The van der Waals surface area contributed by atoms with Gasteiger partial charge in [-0.2, -0.15) is 5.10 Å². The SMILES string of the molecule is Cn1cc(Cl)c(CN(Cc2ccc(F)cc2Cl)C(=O)C2CCC(=O)O2)n1. The average Bonchev–Trinajstić information content (AvgIpc) is 3.14. The summed E-state index contributed by atoms with van der Waals surface area (Å²) in [4.78, 5) is 25.7. The smallest absolute Gasteiger partial charge is 0.306 e. The molecule has 0 bridgehead atoms. The van der Waals surface area contributed by atoms with E-state index in [4.69, 9.17) is 27.9 Å². The average molecular weight is 400 g/mol. The Bertz CT molecular complexity index is 856. The number of hydrogen-bond acceptors (Lipinski definition) is 4. The van der Waals surface area contributed by atoms with Crippen molar-refractivity contribution in [2.75, 3.05) is 0 Å². The van der Waals surface area contributed by atoms with Crippen LogP contribution >= 0.6 is 23.2 Å². The van der Waals surface area contributed by atoms with Crippen molar-refractivity contribution in [1.82, 2.24) is 14.7 Å². The highest BCUT2D eigenvalue weighted by atomic mass is 35.5. The fourth-order valence-corrected chi connectivity index (χ4v) is 3.23. The molecule has 1 aliphatic rings. The first-order valence-electron chi connectivity index (χ1n) is 7.93. The van der Waals surface area contributed by atoms with Crippen LogP contribution in [-0.4, -0.2) is 32.7 Å². The highest BCUT2D eigenvalue weighted by Gasteiger charge is 2.34. The van der Waals surface area contributed by atoms with E-state index in [1.54, 1.807) is 17.9 Å². The van der Waals surface area contributed by atoms with Crippen LogP contribution in [0, 0.1) is 5.82 Å². The zero-order chi connectivity index (χ0) is 18.8. The maximum absolute atomic E-state index is 13.3. The molecular formula is C17H16Cl2FN3O3. The van der Waals surface area contributed by atoms with E-state index in [9.17, 15) is 14.0 Å². The summed E-state index contributed by atoms with van der Waals surface area (Å²) >= 11 is 12.2. The van der Waals surface area contributed by atoms with Crippen LogP contribution in [0.15, 0.2) is 24.4 Å². The second-order valence-electron chi connectivity index (χ2n) is 6.04. The predicted molar refractivity (Wildman–Crippen MR) is 93.0 cm³/mol. The third kappa shape index (κ3) is 4.16. The van der Waals surface area contributed by atoms with Gasteiger partial charge in [-0.25, -0.2) is 4.39 Å². The molecule has 0 radical (unpaired) electrons. The van der Waals surface area contributed by atoms with Crippen molar-refractivity contribution in [2.24, 2.45) is 7.05 Å². The topological polar surface area (TPSA) is 64.4 Å². The largest absolute Gasteiger partial charge is 0.452 e. The Kier molecular flexibility index (Phi) is 5.48. The van der Waals surface area contributed by atoms with Crippen LogP contribution in [0.2, 0.25) is 10.0 Å². The molecule has 0 spiro atoms. The third-order valence-corrected chi connectivity index (χ3v) is 4.71. The Morgan fingerprint density at radius 3 is 2.73 bits per heavy atom. The minimum absolute atomic E-state index is 0.110. The van der Waals surface area contributed by atoms with Crippen molar-refractivity contribution < 1.29 is 18.7 Å². The van der Waals surface area contributed by atoms with Gasteiger partial charge in [0.05, 0.1) is 11.6 Å². The molecule has 9 heteroatoms. The molecule has 1 aromatic heterocycles. The molecule has 1 atom stereocenters. The number of esters is 1. The van der Waals surface area contributed by atoms with Gasteiger partial charge < -0.3 is 9.64 Å². The molecule has 138 valence electrons. The van der Waals surface area contributed by atoms with E-state index in [0.717, 1.165) is 0 Å². The first-order chi connectivity index (χ1) is 12.3. The summed E-state index contributed by atoms with van der Waals surface area (Å²) in [7, 11) is 1.72. The van der Waals surface area contributed by atoms with Gasteiger partial charge in [-0.15, -0.1) is 0 Å². The van der Waals surface area contributed by atoms with Crippen LogP contribution < -0.4 is 0 Å². The molecule has 1 saturated heterocycles. The number of halogens is 3. The minimum Gasteiger partial charge on any atom is -0.452 e. The molecule has 1 fully saturated rings. The summed E-state index contributed by atoms with van der Waals surface area (Å²) < 4.78 is 19.9. The molecule has 3 rings (SSSR count). The van der Waals surface area contributed by atoms with Crippen molar-refractivity contribution >= 4 is 35.1 Å². The second kappa shape index (κ2) is 7.63. The minimum atomic E-state index is -0.843. The van der Waals surface area contributed by atoms with Gasteiger partial charge in [0, 0.05) is 37.7 Å². The Hall–Kier alpha value is -2.12. The van der Waals surface area contributed by atoms with Crippen LogP contribution in [0.1, 0.15) is 24.1 Å². The van der Waals surface area contributed by atoms with Crippen molar-refractivity contribution in [3.05, 3.63) is 51.5 Å². The maximum Gasteiger partial charge on any atom is 0.306 e. The number of carbonyl (C=O) groups is 2. The van der Waals surface area contributed by atoms with Gasteiger partial charge in [-0.3, -0.25) is 14.3 Å². The van der Waals surface area contributed by atoms with Crippen molar-refractivity contribution in [1.29, 1.82) is 0 Å². The van der Waals surface area contributed by atoms with Crippen LogP contribution in [0.4, 0.5) is 4.39 Å². The van der Waals surface area contributed by atoms with Gasteiger partial charge in [0.25, 0.3) is 5.91 Å². The highest BCUT2D eigenvalue weighted by molar-refractivity contribution is 6.31. The van der Waals surface area contributed by atoms with Gasteiger partial charge >= 0.3 is 5.97 Å². The number of carbonyl (C=O) groups excluding carboxylic acids is 2. The maximum atomic E-state index is 13.3. The van der Waals surface area contributed by atoms with E-state index in [-0.39, 0.29) is 30.4 Å². The van der Waals surface area contributed by atoms with E-state index in [0.29, 0.717) is 22.7 Å². The number of benzene rings is 1. The summed E-state index contributed by atoms with van der Waals surface area (Å²) in [6.07, 6.45) is 1.30. The molecule has 0 N–H and O–H groups in total. The van der Waals surface area contributed by atoms with E-state index in [1.165, 1.54) is 23.1 Å². The second-order valence-corrected chi connectivity index (χ2v) is 6.86. The lowest BCUT2D eigenvalue weighted by Gasteiger charge is -2.25. The molecule has 0 saturated carbocycles. The molecule has 2 aromatic rings. The quantitative estimate of drug-likeness (QED) is 0.724. The monoisotopic (exact) mass is 399 g/mol. The van der Waals surface area contributed by atoms with Crippen LogP contribution in [-0.2, 0) is 34.5 Å². The molecule has 1 amide bonds. The summed E-state index contributed by atoms with van der Waals surface area (Å²) in [5.41, 5.74) is 1.07. The zero-order valence-electron chi connectivity index (χ0n) is 13.9. The van der Waals surface area contributed by atoms with E-state index in [2.05, 4.69) is 5.10 Å². The van der Waals surface area contributed by atoms with E-state index >= 15 is 0 Å². The van der Waals surface area contributed by atoms with Gasteiger partial charge in [-0.05, 0) is 17.7 Å². The number of aryl methyl sites for hydroxylation is 1. The predicted octanol–water partition coefficient (Wildman–Crippen LogP) is 3.10. The molecule has 2 heterocycles. The Balaban J connectivity index is 1.86. The molecule has 1 unspecified atom stereocenters. The number of amides is 1. The van der Waals surface area contributed by atoms with Crippen molar-refractivity contribution in [3.63, 3.8) is 0 Å². The zero-order valence-corrected chi connectivity index (χ0v) is 15.4. The number of rotatable bonds is 5. The Morgan fingerprint density at radius 1 is 1.38 bits per heavy atom. The number of cyclic esters (lactones) is 1. The van der Waals surface area contributed by atoms with Gasteiger partial charge in [0.15, 0.2) is 6.10 Å². The van der Waals surface area contributed by atoms with Crippen LogP contribution in [0.25, 0.3) is 0 Å². The number of aromatic nitrogens is 2. The summed E-state index contributed by atoms with van der Waals surface area (Å²) in [6, 6.07) is 3.97. The van der Waals surface area contributed by atoms with E-state index in [1.807, 2.05) is 0 Å². The lowest BCUT2D eigenvalue weighted by atomic mass is 10.1. The number of hydrogen-bond donors (Lipinski definition) is 0. The normalized spacial score (nSPS) is 16.6. The highest BCUT2D eigenvalue weighted by Crippen LogP contribution is 2.24. The molecular weight excluding hydrogens is 384 g/mol. The Labute approximate surface area is 159 Å². The fraction of sp³-hybridized carbons (Fsp3) is 0.353. The Morgan fingerprint density at radius 2 is 2.15 bits per heavy atom. The summed E-state index contributed by atoms with van der Waals surface area (Å²) in [5, 5.41) is 4.86. The van der Waals surface area contributed by atoms with Crippen molar-refractivity contribution in [2.45, 2.75) is 32.0 Å². The van der Waals surface area contributed by atoms with E-state index < -0.39 is 17.9 Å². The molecule has 26 heavy (non-hydrogen) atoms. The van der Waals surface area contributed by atoms with Crippen LogP contribution in [0.5, 0.6) is 0 Å². The third-order valence-electron chi connectivity index (χ3n) is 4.04. The number of nitrogens with zero attached hydrogens (tertiary/aromatic N) is 3. The van der Waals surface area contributed by atoms with Crippen molar-refractivity contribution in [3.8, 4) is 0 Å². The molecule has 1 aromatic carbocycles. The van der Waals surface area contributed by atoms with Gasteiger partial charge in [0.2, 0.25) is 0 Å². The summed E-state index contributed by atoms with van der Waals surface area (Å²) in [6.45, 7) is 0.221. The molecule has 0 aliphatic carbocycles. The molecule has 6 nitrogen and oxygen atoms in total. The first-order valence-corrected chi connectivity index (χ1v) is 8.69.